The number of rotatable bonds is 6. The maximum absolute atomic E-state index is 14.7. The van der Waals surface area contributed by atoms with E-state index < -0.39 is 12.6 Å². The van der Waals surface area contributed by atoms with Crippen LogP contribution in [0, 0.1) is 11.8 Å². The van der Waals surface area contributed by atoms with Crippen LogP contribution in [0.1, 0.15) is 31.4 Å². The smallest absolute Gasteiger partial charge is 0.241 e. The maximum Gasteiger partial charge on any atom is 0.241 e. The van der Waals surface area contributed by atoms with E-state index >= 15 is 0 Å². The molecule has 2 saturated heterocycles. The molecule has 3 aliphatic heterocycles. The molecule has 1 aliphatic carbocycles. The number of halogens is 3. The first kappa shape index (κ1) is 23.1. The van der Waals surface area contributed by atoms with E-state index in [1.807, 2.05) is 31.3 Å². The lowest BCUT2D eigenvalue weighted by atomic mass is 10.0. The Bertz CT molecular complexity index is 1370. The number of fused-ring (bicyclic) bond motifs is 4. The van der Waals surface area contributed by atoms with Crippen LogP contribution in [0.2, 0.25) is 0 Å². The number of aromatic nitrogens is 4. The molecule has 1 saturated carbocycles. The monoisotopic (exact) mass is 511 g/mol. The zero-order chi connectivity index (χ0) is 25.3. The summed E-state index contributed by atoms with van der Waals surface area (Å²) < 4.78 is 47.9. The minimum Gasteiger partial charge on any atom is -0.378 e. The average molecular weight is 512 g/mol. The van der Waals surface area contributed by atoms with Crippen molar-refractivity contribution in [3.05, 3.63) is 36.3 Å². The van der Waals surface area contributed by atoms with Crippen molar-refractivity contribution in [2.45, 2.75) is 50.4 Å². The van der Waals surface area contributed by atoms with Crippen molar-refractivity contribution < 1.29 is 17.9 Å². The summed E-state index contributed by atoms with van der Waals surface area (Å²) in [7, 11) is 0. The average Bonchev–Trinajstić information content (AvgIpc) is 3.39. The second-order valence-corrected chi connectivity index (χ2v) is 10.6. The molecule has 6 heterocycles. The first-order valence-corrected chi connectivity index (χ1v) is 12.9. The van der Waals surface area contributed by atoms with Crippen molar-refractivity contribution >= 4 is 22.9 Å². The molecule has 0 amide bonds. The highest BCUT2D eigenvalue weighted by Gasteiger charge is 2.56. The van der Waals surface area contributed by atoms with Gasteiger partial charge < -0.3 is 10.1 Å². The molecule has 0 bridgehead atoms. The summed E-state index contributed by atoms with van der Waals surface area (Å²) in [5, 5.41) is 7.76. The maximum atomic E-state index is 14.7. The molecule has 11 heteroatoms. The summed E-state index contributed by atoms with van der Waals surface area (Å²) in [5.41, 5.74) is 4.82. The normalized spacial score (nSPS) is 29.5. The van der Waals surface area contributed by atoms with Crippen molar-refractivity contribution in [3.63, 3.8) is 0 Å². The first-order chi connectivity index (χ1) is 18.0. The van der Waals surface area contributed by atoms with Crippen LogP contribution in [-0.4, -0.2) is 81.2 Å². The second-order valence-electron chi connectivity index (χ2n) is 10.6. The summed E-state index contributed by atoms with van der Waals surface area (Å²) in [6, 6.07) is 5.70. The number of hydrogen-bond acceptors (Lipinski definition) is 7. The number of pyridine rings is 1. The Balaban J connectivity index is 1.13. The van der Waals surface area contributed by atoms with Crippen LogP contribution in [0.4, 0.5) is 24.8 Å². The van der Waals surface area contributed by atoms with Crippen molar-refractivity contribution in [1.82, 2.24) is 24.5 Å². The molecule has 3 aromatic rings. The second kappa shape index (κ2) is 8.76. The van der Waals surface area contributed by atoms with Gasteiger partial charge in [-0.05, 0) is 37.5 Å². The molecule has 8 nitrogen and oxygen atoms in total. The fraction of sp³-hybridized carbons (Fsp3) is 0.538. The Morgan fingerprint density at radius 3 is 2.84 bits per heavy atom. The number of piperidine rings is 1. The fourth-order valence-electron chi connectivity index (χ4n) is 6.24. The van der Waals surface area contributed by atoms with Crippen LogP contribution < -0.4 is 5.32 Å². The Morgan fingerprint density at radius 2 is 2.05 bits per heavy atom. The first-order valence-electron chi connectivity index (χ1n) is 12.9. The summed E-state index contributed by atoms with van der Waals surface area (Å²) in [6.07, 6.45) is 0.578. The van der Waals surface area contributed by atoms with Gasteiger partial charge in [0.2, 0.25) is 12.4 Å². The van der Waals surface area contributed by atoms with Gasteiger partial charge in [-0.2, -0.15) is 0 Å². The summed E-state index contributed by atoms with van der Waals surface area (Å²) >= 11 is 0. The van der Waals surface area contributed by atoms with Crippen LogP contribution in [0.3, 0.4) is 0 Å². The third-order valence-electron chi connectivity index (χ3n) is 8.32. The zero-order valence-corrected chi connectivity index (χ0v) is 20.4. The van der Waals surface area contributed by atoms with E-state index in [0.717, 1.165) is 40.4 Å². The van der Waals surface area contributed by atoms with Gasteiger partial charge >= 0.3 is 0 Å². The Morgan fingerprint density at radius 1 is 1.19 bits per heavy atom. The van der Waals surface area contributed by atoms with Crippen LogP contribution >= 0.6 is 0 Å². The molecule has 4 aliphatic rings. The SMILES string of the molecule is CC1=Nc2ccc(-c3ccn4nc(N[C@H]5CN(C6COC6)CC[C@H]5F)ncc34)nc2[C@@H]2C(CC(F)F)[C@H]12. The molecule has 3 aromatic heterocycles. The molecule has 0 radical (unpaired) electrons. The molecule has 3 fully saturated rings. The van der Waals surface area contributed by atoms with Crippen molar-refractivity contribution in [3.8, 4) is 11.3 Å². The Labute approximate surface area is 212 Å². The number of hydrogen-bond donors (Lipinski definition) is 1. The molecule has 194 valence electrons. The third-order valence-corrected chi connectivity index (χ3v) is 8.32. The fourth-order valence-corrected chi connectivity index (χ4v) is 6.24. The molecular formula is C26H28F3N7O. The molecule has 0 spiro atoms. The van der Waals surface area contributed by atoms with Gasteiger partial charge in [-0.15, -0.1) is 5.10 Å². The lowest BCUT2D eigenvalue weighted by molar-refractivity contribution is -0.0767. The van der Waals surface area contributed by atoms with Crippen molar-refractivity contribution in [1.29, 1.82) is 0 Å². The van der Waals surface area contributed by atoms with Crippen LogP contribution in [-0.2, 0) is 4.74 Å². The van der Waals surface area contributed by atoms with Crippen LogP contribution in [0.5, 0.6) is 0 Å². The molecule has 1 unspecified atom stereocenters. The highest BCUT2D eigenvalue weighted by molar-refractivity contribution is 5.94. The number of aliphatic imine (C=N–C) groups is 1. The predicted molar refractivity (Wildman–Crippen MR) is 132 cm³/mol. The van der Waals surface area contributed by atoms with Crippen molar-refractivity contribution in [2.24, 2.45) is 16.8 Å². The van der Waals surface area contributed by atoms with Gasteiger partial charge in [0.05, 0.1) is 54.1 Å². The Kier molecular flexibility index (Phi) is 5.47. The summed E-state index contributed by atoms with van der Waals surface area (Å²) in [4.78, 5) is 16.3. The molecule has 5 atom stereocenters. The van der Waals surface area contributed by atoms with E-state index in [4.69, 9.17) is 9.72 Å². The standard InChI is InChI=1S/C26H28F3N7O/c1-13-23-16(8-22(28)29)24(23)25-19(31-13)3-2-18(32-25)15-4-7-36-21(15)9-30-26(34-36)33-20-10-35(6-5-17(20)27)14-11-37-12-14/h2-4,7,9,14,16-17,20,22-24H,5-6,8,10-12H2,1H3,(H,33,34)/t16?,17-,20+,23+,24-/m1/s1. The molecule has 37 heavy (non-hydrogen) atoms. The quantitative estimate of drug-likeness (QED) is 0.537. The minimum absolute atomic E-state index is 0.00224. The molecule has 7 rings (SSSR count). The number of ether oxygens (including phenoxy) is 1. The topological polar surface area (TPSA) is 79.9 Å². The number of anilines is 1. The lowest BCUT2D eigenvalue weighted by Gasteiger charge is -2.43. The third kappa shape index (κ3) is 3.99. The number of nitrogens with one attached hydrogen (secondary N) is 1. The van der Waals surface area contributed by atoms with E-state index in [2.05, 4.69) is 25.3 Å². The number of likely N-dealkylation sites (tertiary alicyclic amines) is 1. The zero-order valence-electron chi connectivity index (χ0n) is 20.4. The van der Waals surface area contributed by atoms with Crippen LogP contribution in [0.25, 0.3) is 16.8 Å². The predicted octanol–water partition coefficient (Wildman–Crippen LogP) is 4.11. The van der Waals surface area contributed by atoms with E-state index in [9.17, 15) is 13.2 Å². The summed E-state index contributed by atoms with van der Waals surface area (Å²) in [6.45, 7) is 4.65. The van der Waals surface area contributed by atoms with Crippen LogP contribution in [0.15, 0.2) is 35.6 Å². The van der Waals surface area contributed by atoms with E-state index in [-0.39, 0.29) is 30.2 Å². The Hall–Kier alpha value is -3.05. The van der Waals surface area contributed by atoms with E-state index in [1.165, 1.54) is 0 Å². The van der Waals surface area contributed by atoms with Crippen molar-refractivity contribution in [2.75, 3.05) is 31.6 Å². The van der Waals surface area contributed by atoms with E-state index in [1.54, 1.807) is 10.7 Å². The van der Waals surface area contributed by atoms with Gasteiger partial charge in [-0.25, -0.2) is 22.7 Å². The van der Waals surface area contributed by atoms with Gasteiger partial charge in [0, 0.05) is 48.8 Å². The van der Waals surface area contributed by atoms with Gasteiger partial charge in [-0.3, -0.25) is 14.9 Å². The van der Waals surface area contributed by atoms with Gasteiger partial charge in [0.1, 0.15) is 6.17 Å². The minimum atomic E-state index is -2.33. The van der Waals surface area contributed by atoms with Gasteiger partial charge in [0.15, 0.2) is 0 Å². The lowest BCUT2D eigenvalue weighted by Crippen LogP contribution is -2.57. The molecule has 1 N–H and O–H groups in total. The number of nitrogens with zero attached hydrogens (tertiary/aromatic N) is 6. The highest BCUT2D eigenvalue weighted by Crippen LogP contribution is 2.61. The summed E-state index contributed by atoms with van der Waals surface area (Å²) in [5.74, 6) is 0.312. The molecule has 0 aromatic carbocycles. The molecular weight excluding hydrogens is 483 g/mol. The highest BCUT2D eigenvalue weighted by atomic mass is 19.3. The largest absolute Gasteiger partial charge is 0.378 e. The number of alkyl halides is 3. The van der Waals surface area contributed by atoms with E-state index in [0.29, 0.717) is 38.2 Å². The van der Waals surface area contributed by atoms with Gasteiger partial charge in [0.25, 0.3) is 0 Å². The van der Waals surface area contributed by atoms with Gasteiger partial charge in [-0.1, -0.05) is 0 Å².